The first kappa shape index (κ1) is 20.7. The number of thiophene rings is 1. The van der Waals surface area contributed by atoms with Crippen LogP contribution in [0.1, 0.15) is 38.9 Å². The van der Waals surface area contributed by atoms with Crippen LogP contribution in [0.15, 0.2) is 29.3 Å². The van der Waals surface area contributed by atoms with Crippen molar-refractivity contribution in [2.24, 2.45) is 5.73 Å². The average Bonchev–Trinajstić information content (AvgIpc) is 3.09. The maximum atomic E-state index is 12.9. The number of ether oxygens (including phenoxy) is 1. The molecule has 0 spiro atoms. The number of aryl methyl sites for hydroxylation is 1. The number of nitrogens with two attached hydrogens (primary N) is 1. The van der Waals surface area contributed by atoms with E-state index in [4.69, 9.17) is 10.5 Å². The highest BCUT2D eigenvalue weighted by Crippen LogP contribution is 2.33. The van der Waals surface area contributed by atoms with Gasteiger partial charge in [0.2, 0.25) is 0 Å². The first-order valence-electron chi connectivity index (χ1n) is 9.70. The molecule has 0 radical (unpaired) electrons. The van der Waals surface area contributed by atoms with E-state index in [0.717, 1.165) is 17.8 Å². The Morgan fingerprint density at radius 3 is 2.77 bits per heavy atom. The van der Waals surface area contributed by atoms with E-state index in [1.165, 1.54) is 10.9 Å². The van der Waals surface area contributed by atoms with Gasteiger partial charge in [-0.3, -0.25) is 23.7 Å². The molecular weight excluding hydrogens is 420 g/mol. The fourth-order valence-electron chi connectivity index (χ4n) is 3.60. The van der Waals surface area contributed by atoms with Crippen LogP contribution in [0.2, 0.25) is 0 Å². The number of hydrogen-bond donors (Lipinski definition) is 1. The summed E-state index contributed by atoms with van der Waals surface area (Å²) in [5, 5.41) is 0.285. The van der Waals surface area contributed by atoms with Crippen LogP contribution in [-0.4, -0.2) is 40.3 Å². The molecule has 0 saturated carbocycles. The number of aromatic nitrogens is 2. The molecule has 3 aromatic rings. The Morgan fingerprint density at radius 1 is 1.29 bits per heavy atom. The molecular formula is C21H20N4O5S. The minimum atomic E-state index is -0.620. The van der Waals surface area contributed by atoms with Crippen molar-refractivity contribution in [2.45, 2.75) is 26.8 Å². The molecule has 0 bridgehead atoms. The molecule has 9 nitrogen and oxygen atoms in total. The zero-order chi connectivity index (χ0) is 22.3. The molecule has 1 aliphatic rings. The van der Waals surface area contributed by atoms with E-state index in [9.17, 15) is 19.2 Å². The van der Waals surface area contributed by atoms with Crippen molar-refractivity contribution in [3.05, 3.63) is 50.9 Å². The first-order chi connectivity index (χ1) is 14.8. The second kappa shape index (κ2) is 7.95. The molecule has 2 aromatic heterocycles. The van der Waals surface area contributed by atoms with E-state index in [-0.39, 0.29) is 35.1 Å². The summed E-state index contributed by atoms with van der Waals surface area (Å²) in [5.74, 6) is -0.561. The van der Waals surface area contributed by atoms with Gasteiger partial charge in [0.1, 0.15) is 10.6 Å². The average molecular weight is 440 g/mol. The van der Waals surface area contributed by atoms with E-state index < -0.39 is 11.5 Å². The van der Waals surface area contributed by atoms with Crippen LogP contribution in [0.3, 0.4) is 0 Å². The van der Waals surface area contributed by atoms with Crippen LogP contribution >= 0.6 is 11.3 Å². The lowest BCUT2D eigenvalue weighted by Crippen LogP contribution is -2.39. The Labute approximate surface area is 181 Å². The molecule has 2 amide bonds. The third kappa shape index (κ3) is 3.59. The van der Waals surface area contributed by atoms with Crippen molar-refractivity contribution < 1.29 is 19.1 Å². The lowest BCUT2D eigenvalue weighted by Gasteiger charge is -2.29. The van der Waals surface area contributed by atoms with Crippen molar-refractivity contribution in [1.82, 2.24) is 9.55 Å². The number of hydrogen-bond acceptors (Lipinski definition) is 7. The van der Waals surface area contributed by atoms with Gasteiger partial charge < -0.3 is 15.4 Å². The maximum Gasteiger partial charge on any atom is 0.265 e. The van der Waals surface area contributed by atoms with E-state index in [2.05, 4.69) is 4.98 Å². The van der Waals surface area contributed by atoms with E-state index in [1.807, 2.05) is 6.92 Å². The van der Waals surface area contributed by atoms with Gasteiger partial charge in [0, 0.05) is 12.1 Å². The molecule has 3 heterocycles. The maximum absolute atomic E-state index is 12.9. The molecule has 1 aromatic carbocycles. The van der Waals surface area contributed by atoms with Crippen molar-refractivity contribution in [2.75, 3.05) is 18.1 Å². The lowest BCUT2D eigenvalue weighted by atomic mass is 10.1. The fourth-order valence-corrected chi connectivity index (χ4v) is 4.59. The molecule has 2 N–H and O–H groups in total. The predicted molar refractivity (Wildman–Crippen MR) is 116 cm³/mol. The smallest absolute Gasteiger partial charge is 0.265 e. The first-order valence-corrected chi connectivity index (χ1v) is 10.5. The number of nitrogens with zero attached hydrogens (tertiary/aromatic N) is 3. The van der Waals surface area contributed by atoms with Crippen molar-refractivity contribution in [1.29, 1.82) is 0 Å². The van der Waals surface area contributed by atoms with Gasteiger partial charge in [-0.05, 0) is 37.1 Å². The number of primary amides is 1. The molecule has 0 saturated heterocycles. The summed E-state index contributed by atoms with van der Waals surface area (Å²) in [6, 6.07) is 4.88. The number of benzene rings is 1. The number of anilines is 1. The van der Waals surface area contributed by atoms with E-state index >= 15 is 0 Å². The normalized spacial score (nSPS) is 13.2. The largest absolute Gasteiger partial charge is 0.482 e. The number of carbonyl (C=O) groups excluding carboxylic acids is 3. The Morgan fingerprint density at radius 2 is 2.06 bits per heavy atom. The van der Waals surface area contributed by atoms with Gasteiger partial charge in [-0.15, -0.1) is 11.3 Å². The summed E-state index contributed by atoms with van der Waals surface area (Å²) in [7, 11) is 0. The minimum absolute atomic E-state index is 0.0331. The fraction of sp³-hybridized carbons (Fsp3) is 0.286. The van der Waals surface area contributed by atoms with Gasteiger partial charge in [-0.2, -0.15) is 0 Å². The van der Waals surface area contributed by atoms with Gasteiger partial charge >= 0.3 is 0 Å². The van der Waals surface area contributed by atoms with Gasteiger partial charge in [0.25, 0.3) is 17.4 Å². The molecule has 0 aliphatic carbocycles. The quantitative estimate of drug-likeness (QED) is 0.584. The van der Waals surface area contributed by atoms with Crippen LogP contribution in [0.5, 0.6) is 5.75 Å². The van der Waals surface area contributed by atoms with Gasteiger partial charge in [0.05, 0.1) is 28.8 Å². The molecule has 160 valence electrons. The monoisotopic (exact) mass is 440 g/mol. The molecule has 4 rings (SSSR count). The second-order valence-electron chi connectivity index (χ2n) is 7.22. The van der Waals surface area contributed by atoms with E-state index in [0.29, 0.717) is 33.9 Å². The van der Waals surface area contributed by atoms with Crippen LogP contribution in [-0.2, 0) is 11.3 Å². The molecule has 0 atom stereocenters. The van der Waals surface area contributed by atoms with Crippen LogP contribution in [0, 0.1) is 6.92 Å². The Balaban J connectivity index is 1.68. The molecule has 1 aliphatic heterocycles. The Bertz CT molecular complexity index is 1290. The highest BCUT2D eigenvalue weighted by Gasteiger charge is 2.26. The number of rotatable bonds is 6. The standard InChI is InChI=1S/C21H20N4O5S/c1-3-6-25-13-7-12(4-5-15(13)30-9-16(25)27)14(26)8-24-10-23-20-17(21(24)29)11(2)18(31-20)19(22)28/h4-5,7,10H,3,6,8-9H2,1-2H3,(H2,22,28). The molecule has 10 heteroatoms. The zero-order valence-corrected chi connectivity index (χ0v) is 17.8. The molecule has 0 fully saturated rings. The number of amides is 2. The summed E-state index contributed by atoms with van der Waals surface area (Å²) < 4.78 is 6.67. The summed E-state index contributed by atoms with van der Waals surface area (Å²) in [4.78, 5) is 56.1. The highest BCUT2D eigenvalue weighted by atomic mass is 32.1. The number of fused-ring (bicyclic) bond motifs is 2. The minimum Gasteiger partial charge on any atom is -0.482 e. The highest BCUT2D eigenvalue weighted by molar-refractivity contribution is 7.20. The summed E-state index contributed by atoms with van der Waals surface area (Å²) in [5.41, 5.74) is 6.31. The van der Waals surface area contributed by atoms with Gasteiger partial charge in [-0.1, -0.05) is 6.92 Å². The summed E-state index contributed by atoms with van der Waals surface area (Å²) >= 11 is 1.06. The van der Waals surface area contributed by atoms with E-state index in [1.54, 1.807) is 30.0 Å². The Kier molecular flexibility index (Phi) is 5.32. The van der Waals surface area contributed by atoms with Crippen LogP contribution in [0.4, 0.5) is 5.69 Å². The second-order valence-corrected chi connectivity index (χ2v) is 8.22. The van der Waals surface area contributed by atoms with Crippen LogP contribution < -0.4 is 20.9 Å². The SMILES string of the molecule is CCCN1C(=O)COc2ccc(C(=O)Cn3cnc4sc(C(N)=O)c(C)c4c3=O)cc21. The summed E-state index contributed by atoms with van der Waals surface area (Å²) in [6.07, 6.45) is 2.05. The topological polar surface area (TPSA) is 125 Å². The molecule has 0 unspecified atom stereocenters. The predicted octanol–water partition coefficient (Wildman–Crippen LogP) is 1.88. The lowest BCUT2D eigenvalue weighted by molar-refractivity contribution is -0.121. The zero-order valence-electron chi connectivity index (χ0n) is 17.0. The van der Waals surface area contributed by atoms with Crippen molar-refractivity contribution in [3.63, 3.8) is 0 Å². The molecule has 31 heavy (non-hydrogen) atoms. The summed E-state index contributed by atoms with van der Waals surface area (Å²) in [6.45, 7) is 3.85. The Hall–Kier alpha value is -3.53. The van der Waals surface area contributed by atoms with Gasteiger partial charge in [0.15, 0.2) is 12.4 Å². The number of ketones is 1. The van der Waals surface area contributed by atoms with Crippen molar-refractivity contribution >= 4 is 44.8 Å². The number of Topliss-reactive ketones (excluding diaryl/α,β-unsaturated/α-hetero) is 1. The third-order valence-corrected chi connectivity index (χ3v) is 6.34. The number of carbonyl (C=O) groups is 3. The van der Waals surface area contributed by atoms with Crippen molar-refractivity contribution in [3.8, 4) is 5.75 Å². The third-order valence-electron chi connectivity index (χ3n) is 5.13. The van der Waals surface area contributed by atoms with Crippen LogP contribution in [0.25, 0.3) is 10.2 Å². The van der Waals surface area contributed by atoms with Gasteiger partial charge in [-0.25, -0.2) is 4.98 Å².